The van der Waals surface area contributed by atoms with E-state index in [1.54, 1.807) is 41.9 Å². The van der Waals surface area contributed by atoms with Crippen LogP contribution in [-0.2, 0) is 11.8 Å². The Bertz CT molecular complexity index is 1070. The summed E-state index contributed by atoms with van der Waals surface area (Å²) >= 11 is 0. The lowest BCUT2D eigenvalue weighted by atomic mass is 9.75. The van der Waals surface area contributed by atoms with Crippen molar-refractivity contribution in [3.63, 3.8) is 0 Å². The van der Waals surface area contributed by atoms with Gasteiger partial charge in [0, 0.05) is 36.2 Å². The van der Waals surface area contributed by atoms with Gasteiger partial charge in [-0.1, -0.05) is 37.1 Å². The normalized spacial score (nSPS) is 18.9. The zero-order valence-electron chi connectivity index (χ0n) is 17.1. The van der Waals surface area contributed by atoms with Gasteiger partial charge in [0.05, 0.1) is 19.0 Å². The molecule has 8 heteroatoms. The third-order valence-corrected chi connectivity index (χ3v) is 5.83. The maximum atomic E-state index is 13.0. The van der Waals surface area contributed by atoms with Crippen LogP contribution in [0.25, 0.3) is 16.9 Å². The Morgan fingerprint density at radius 3 is 2.47 bits per heavy atom. The Hall–Kier alpha value is -3.42. The number of nitrogens with two attached hydrogens (primary N) is 1. The number of hydrogen-bond acceptors (Lipinski definition) is 5. The number of aryl methyl sites for hydroxylation is 1. The number of Topliss-reactive ketones (excluding diaryl/α,β-unsaturated/α-hetero) is 1. The van der Waals surface area contributed by atoms with Crippen LogP contribution in [0.3, 0.4) is 0 Å². The minimum Gasteiger partial charge on any atom is -0.480 e. The monoisotopic (exact) mass is 407 g/mol. The highest BCUT2D eigenvalue weighted by molar-refractivity contribution is 6.00. The van der Waals surface area contributed by atoms with Crippen molar-refractivity contribution in [2.24, 2.45) is 24.6 Å². The smallest absolute Gasteiger partial charge is 0.237 e. The van der Waals surface area contributed by atoms with Crippen molar-refractivity contribution >= 4 is 11.7 Å². The first-order valence-corrected chi connectivity index (χ1v) is 10.1. The van der Waals surface area contributed by atoms with E-state index in [1.165, 1.54) is 0 Å². The second-order valence-electron chi connectivity index (χ2n) is 7.65. The van der Waals surface area contributed by atoms with E-state index in [0.717, 1.165) is 29.8 Å². The number of aromatic nitrogens is 4. The van der Waals surface area contributed by atoms with Crippen molar-refractivity contribution in [1.82, 2.24) is 19.6 Å². The van der Waals surface area contributed by atoms with Crippen LogP contribution in [-0.4, -0.2) is 38.4 Å². The fraction of sp³-hybridized carbons (Fsp3) is 0.364. The van der Waals surface area contributed by atoms with E-state index >= 15 is 0 Å². The van der Waals surface area contributed by atoms with Gasteiger partial charge >= 0.3 is 0 Å². The quantitative estimate of drug-likeness (QED) is 0.633. The van der Waals surface area contributed by atoms with Gasteiger partial charge in [-0.25, -0.2) is 9.36 Å². The summed E-state index contributed by atoms with van der Waals surface area (Å²) in [6, 6.07) is 9.25. The Kier molecular flexibility index (Phi) is 5.39. The molecule has 1 amide bonds. The van der Waals surface area contributed by atoms with Crippen molar-refractivity contribution < 1.29 is 14.3 Å². The molecule has 8 nitrogen and oxygen atoms in total. The minimum atomic E-state index is -0.374. The summed E-state index contributed by atoms with van der Waals surface area (Å²) in [4.78, 5) is 24.7. The number of carbonyl (C=O) groups excluding carboxylic acids is 2. The van der Waals surface area contributed by atoms with Gasteiger partial charge in [-0.15, -0.1) is 0 Å². The number of nitrogens with zero attached hydrogens (tertiary/aromatic N) is 4. The predicted molar refractivity (Wildman–Crippen MR) is 111 cm³/mol. The number of primary amides is 1. The van der Waals surface area contributed by atoms with Crippen LogP contribution in [0.2, 0.25) is 0 Å². The van der Waals surface area contributed by atoms with Gasteiger partial charge in [0.2, 0.25) is 11.8 Å². The SMILES string of the molecule is COc1c(-n2ccc(-c3ccc(C(=O)C4CCCCC4C(N)=O)cc3)n2)cnn1C. The zero-order chi connectivity index (χ0) is 21.3. The van der Waals surface area contributed by atoms with Crippen molar-refractivity contribution in [1.29, 1.82) is 0 Å². The van der Waals surface area contributed by atoms with E-state index in [9.17, 15) is 9.59 Å². The van der Waals surface area contributed by atoms with Crippen molar-refractivity contribution in [3.05, 3.63) is 48.3 Å². The first-order valence-electron chi connectivity index (χ1n) is 10.1. The van der Waals surface area contributed by atoms with Gasteiger partial charge in [-0.2, -0.15) is 10.2 Å². The molecule has 2 unspecified atom stereocenters. The topological polar surface area (TPSA) is 105 Å². The van der Waals surface area contributed by atoms with Gasteiger partial charge in [0.15, 0.2) is 5.78 Å². The van der Waals surface area contributed by atoms with E-state index in [2.05, 4.69) is 10.2 Å². The number of rotatable bonds is 6. The standard InChI is InChI=1S/C22H25N5O3/c1-26-22(30-2)19(13-24-26)27-12-11-18(25-27)14-7-9-15(10-8-14)20(28)16-5-3-4-6-17(16)21(23)29/h7-13,16-17H,3-6H2,1-2H3,(H2,23,29). The molecule has 1 saturated carbocycles. The van der Waals surface area contributed by atoms with Crippen molar-refractivity contribution in [3.8, 4) is 22.8 Å². The molecule has 1 aromatic carbocycles. The molecule has 3 aromatic rings. The van der Waals surface area contributed by atoms with Crippen LogP contribution >= 0.6 is 0 Å². The summed E-state index contributed by atoms with van der Waals surface area (Å²) in [6.07, 6.45) is 6.84. The molecule has 0 aliphatic heterocycles. The second-order valence-corrected chi connectivity index (χ2v) is 7.65. The molecule has 2 heterocycles. The average Bonchev–Trinajstić information content (AvgIpc) is 3.39. The van der Waals surface area contributed by atoms with Gasteiger partial charge in [-0.05, 0) is 18.9 Å². The van der Waals surface area contributed by atoms with Crippen molar-refractivity contribution in [2.75, 3.05) is 7.11 Å². The van der Waals surface area contributed by atoms with Gasteiger partial charge in [-0.3, -0.25) is 9.59 Å². The second kappa shape index (κ2) is 8.14. The summed E-state index contributed by atoms with van der Waals surface area (Å²) in [6.45, 7) is 0. The number of ketones is 1. The first kappa shape index (κ1) is 19.9. The Labute approximate surface area is 174 Å². The lowest BCUT2D eigenvalue weighted by Gasteiger charge is -2.28. The molecular weight excluding hydrogens is 382 g/mol. The molecule has 4 rings (SSSR count). The van der Waals surface area contributed by atoms with Crippen LogP contribution in [0.4, 0.5) is 0 Å². The third kappa shape index (κ3) is 3.60. The molecule has 0 radical (unpaired) electrons. The van der Waals surface area contributed by atoms with Crippen LogP contribution in [0.5, 0.6) is 5.88 Å². The summed E-state index contributed by atoms with van der Waals surface area (Å²) in [5.74, 6) is -0.450. The van der Waals surface area contributed by atoms with E-state index in [1.807, 2.05) is 24.4 Å². The van der Waals surface area contributed by atoms with Crippen LogP contribution in [0, 0.1) is 11.8 Å². The largest absolute Gasteiger partial charge is 0.480 e. The number of benzene rings is 1. The fourth-order valence-corrected chi connectivity index (χ4v) is 4.23. The maximum absolute atomic E-state index is 13.0. The first-order chi connectivity index (χ1) is 14.5. The summed E-state index contributed by atoms with van der Waals surface area (Å²) in [5.41, 5.74) is 8.54. The van der Waals surface area contributed by atoms with Crippen LogP contribution in [0.15, 0.2) is 42.7 Å². The summed E-state index contributed by atoms with van der Waals surface area (Å²) in [7, 11) is 3.40. The summed E-state index contributed by atoms with van der Waals surface area (Å²) in [5, 5.41) is 8.81. The van der Waals surface area contributed by atoms with Crippen molar-refractivity contribution in [2.45, 2.75) is 25.7 Å². The molecule has 1 fully saturated rings. The molecule has 1 aliphatic rings. The van der Waals surface area contributed by atoms with E-state index < -0.39 is 0 Å². The molecule has 0 saturated heterocycles. The molecule has 0 spiro atoms. The molecule has 156 valence electrons. The van der Waals surface area contributed by atoms with E-state index in [0.29, 0.717) is 24.3 Å². The molecule has 1 aliphatic carbocycles. The molecule has 0 bridgehead atoms. The molecule has 2 aromatic heterocycles. The number of methoxy groups -OCH3 is 1. The van der Waals surface area contributed by atoms with Gasteiger partial charge in [0.1, 0.15) is 5.69 Å². The maximum Gasteiger partial charge on any atom is 0.237 e. The van der Waals surface area contributed by atoms with Gasteiger partial charge in [0.25, 0.3) is 0 Å². The highest BCUT2D eigenvalue weighted by Crippen LogP contribution is 2.33. The highest BCUT2D eigenvalue weighted by Gasteiger charge is 2.34. The minimum absolute atomic E-state index is 0.00400. The highest BCUT2D eigenvalue weighted by atomic mass is 16.5. The number of amides is 1. The summed E-state index contributed by atoms with van der Waals surface area (Å²) < 4.78 is 8.73. The Balaban J connectivity index is 1.55. The molecule has 30 heavy (non-hydrogen) atoms. The zero-order valence-corrected chi connectivity index (χ0v) is 17.1. The number of carbonyl (C=O) groups is 2. The molecule has 2 atom stereocenters. The number of ether oxygens (including phenoxy) is 1. The fourth-order valence-electron chi connectivity index (χ4n) is 4.23. The van der Waals surface area contributed by atoms with Crippen LogP contribution < -0.4 is 10.5 Å². The third-order valence-electron chi connectivity index (χ3n) is 5.83. The Morgan fingerprint density at radius 2 is 1.80 bits per heavy atom. The molecule has 2 N–H and O–H groups in total. The lowest BCUT2D eigenvalue weighted by molar-refractivity contribution is -0.123. The predicted octanol–water partition coefficient (Wildman–Crippen LogP) is 2.76. The van der Waals surface area contributed by atoms with Gasteiger partial charge < -0.3 is 10.5 Å². The molecular formula is C22H25N5O3. The average molecular weight is 407 g/mol. The lowest BCUT2D eigenvalue weighted by Crippen LogP contribution is -2.36. The Morgan fingerprint density at radius 1 is 1.10 bits per heavy atom. The van der Waals surface area contributed by atoms with E-state index in [4.69, 9.17) is 10.5 Å². The number of hydrogen-bond donors (Lipinski definition) is 1. The van der Waals surface area contributed by atoms with Crippen LogP contribution in [0.1, 0.15) is 36.0 Å². The van der Waals surface area contributed by atoms with E-state index in [-0.39, 0.29) is 23.5 Å².